The van der Waals surface area contributed by atoms with E-state index in [0.29, 0.717) is 6.61 Å². The Labute approximate surface area is 136 Å². The standard InChI is InChI=1S/C16H22N6O/c1-12-4-5-17-15(20-12)14-11-22(6-7-23-14)10-13-8-18-16(19-9-13)21(2)3/h4-5,8-9,14H,6-7,10-11H2,1-3H3/t14-/m0/s1. The lowest BCUT2D eigenvalue weighted by molar-refractivity contribution is -0.0373. The van der Waals surface area contributed by atoms with E-state index in [1.54, 1.807) is 6.20 Å². The first-order chi connectivity index (χ1) is 11.1. The molecule has 1 fully saturated rings. The van der Waals surface area contributed by atoms with E-state index in [1.807, 2.05) is 44.4 Å². The first kappa shape index (κ1) is 15.8. The van der Waals surface area contributed by atoms with Crippen molar-refractivity contribution in [3.8, 4) is 0 Å². The van der Waals surface area contributed by atoms with Gasteiger partial charge >= 0.3 is 0 Å². The second kappa shape index (κ2) is 6.97. The van der Waals surface area contributed by atoms with Gasteiger partial charge in [0.15, 0.2) is 5.82 Å². The number of rotatable bonds is 4. The molecule has 0 aromatic carbocycles. The van der Waals surface area contributed by atoms with Crippen LogP contribution in [0.1, 0.15) is 23.2 Å². The third-order valence-corrected chi connectivity index (χ3v) is 3.75. The monoisotopic (exact) mass is 314 g/mol. The molecule has 122 valence electrons. The van der Waals surface area contributed by atoms with Crippen LogP contribution in [0.3, 0.4) is 0 Å². The molecule has 0 radical (unpaired) electrons. The molecular weight excluding hydrogens is 292 g/mol. The van der Waals surface area contributed by atoms with Gasteiger partial charge in [-0.15, -0.1) is 0 Å². The van der Waals surface area contributed by atoms with Gasteiger partial charge in [-0.1, -0.05) is 0 Å². The van der Waals surface area contributed by atoms with Crippen molar-refractivity contribution >= 4 is 5.95 Å². The zero-order chi connectivity index (χ0) is 16.2. The Morgan fingerprint density at radius 1 is 1.26 bits per heavy atom. The van der Waals surface area contributed by atoms with E-state index in [2.05, 4.69) is 24.8 Å². The van der Waals surface area contributed by atoms with Crippen molar-refractivity contribution in [2.24, 2.45) is 0 Å². The van der Waals surface area contributed by atoms with E-state index in [4.69, 9.17) is 4.74 Å². The van der Waals surface area contributed by atoms with Gasteiger partial charge in [0.1, 0.15) is 6.10 Å². The van der Waals surface area contributed by atoms with Crippen LogP contribution < -0.4 is 4.90 Å². The zero-order valence-corrected chi connectivity index (χ0v) is 13.8. The van der Waals surface area contributed by atoms with Gasteiger partial charge < -0.3 is 9.64 Å². The van der Waals surface area contributed by atoms with Crippen LogP contribution in [-0.2, 0) is 11.3 Å². The fourth-order valence-corrected chi connectivity index (χ4v) is 2.54. The Morgan fingerprint density at radius 3 is 2.74 bits per heavy atom. The molecule has 7 heteroatoms. The summed E-state index contributed by atoms with van der Waals surface area (Å²) in [5.74, 6) is 1.48. The number of morpholine rings is 1. The second-order valence-corrected chi connectivity index (χ2v) is 5.94. The van der Waals surface area contributed by atoms with Crippen LogP contribution in [0, 0.1) is 6.92 Å². The lowest BCUT2D eigenvalue weighted by Gasteiger charge is -2.32. The summed E-state index contributed by atoms with van der Waals surface area (Å²) in [5.41, 5.74) is 2.06. The maximum atomic E-state index is 5.83. The molecule has 1 aliphatic heterocycles. The maximum Gasteiger partial charge on any atom is 0.224 e. The van der Waals surface area contributed by atoms with Gasteiger partial charge in [0.25, 0.3) is 0 Å². The summed E-state index contributed by atoms with van der Waals surface area (Å²) in [5, 5.41) is 0. The smallest absolute Gasteiger partial charge is 0.224 e. The van der Waals surface area contributed by atoms with Crippen molar-refractivity contribution < 1.29 is 4.74 Å². The van der Waals surface area contributed by atoms with Crippen LogP contribution in [0.5, 0.6) is 0 Å². The molecule has 0 amide bonds. The summed E-state index contributed by atoms with van der Waals surface area (Å²) in [6.45, 7) is 5.12. The van der Waals surface area contributed by atoms with Crippen molar-refractivity contribution in [3.63, 3.8) is 0 Å². The summed E-state index contributed by atoms with van der Waals surface area (Å²) in [4.78, 5) is 21.8. The van der Waals surface area contributed by atoms with Crippen LogP contribution in [0.2, 0.25) is 0 Å². The molecule has 1 atom stereocenters. The number of anilines is 1. The molecule has 0 bridgehead atoms. The topological polar surface area (TPSA) is 67.3 Å². The lowest BCUT2D eigenvalue weighted by Crippen LogP contribution is -2.38. The number of hydrogen-bond donors (Lipinski definition) is 0. The predicted molar refractivity (Wildman–Crippen MR) is 87.1 cm³/mol. The highest BCUT2D eigenvalue weighted by molar-refractivity contribution is 5.26. The SMILES string of the molecule is Cc1ccnc([C@@H]2CN(Cc3cnc(N(C)C)nc3)CCO2)n1. The summed E-state index contributed by atoms with van der Waals surface area (Å²) in [6.07, 6.45) is 5.48. The minimum atomic E-state index is -0.0781. The van der Waals surface area contributed by atoms with Crippen molar-refractivity contribution in [2.45, 2.75) is 19.6 Å². The Bertz CT molecular complexity index is 645. The average Bonchev–Trinajstić information content (AvgIpc) is 2.56. The first-order valence-corrected chi connectivity index (χ1v) is 7.73. The fourth-order valence-electron chi connectivity index (χ4n) is 2.54. The third-order valence-electron chi connectivity index (χ3n) is 3.75. The number of ether oxygens (including phenoxy) is 1. The highest BCUT2D eigenvalue weighted by Crippen LogP contribution is 2.20. The van der Waals surface area contributed by atoms with Gasteiger partial charge in [-0.3, -0.25) is 4.90 Å². The predicted octanol–water partition coefficient (Wildman–Crippen LogP) is 1.21. The van der Waals surface area contributed by atoms with Crippen LogP contribution >= 0.6 is 0 Å². The fraction of sp³-hybridized carbons (Fsp3) is 0.500. The summed E-state index contributed by atoms with van der Waals surface area (Å²) < 4.78 is 5.83. The average molecular weight is 314 g/mol. The van der Waals surface area contributed by atoms with Crippen LogP contribution in [0.4, 0.5) is 5.95 Å². The van der Waals surface area contributed by atoms with E-state index in [0.717, 1.165) is 42.7 Å². The molecule has 1 saturated heterocycles. The molecule has 0 saturated carbocycles. The number of hydrogen-bond acceptors (Lipinski definition) is 7. The van der Waals surface area contributed by atoms with Gasteiger partial charge in [0, 0.05) is 63.6 Å². The highest BCUT2D eigenvalue weighted by Gasteiger charge is 2.24. The summed E-state index contributed by atoms with van der Waals surface area (Å²) in [6, 6.07) is 1.90. The van der Waals surface area contributed by atoms with Crippen LogP contribution in [0.15, 0.2) is 24.7 Å². The minimum absolute atomic E-state index is 0.0781. The Hall–Kier alpha value is -2.12. The summed E-state index contributed by atoms with van der Waals surface area (Å²) >= 11 is 0. The van der Waals surface area contributed by atoms with Crippen LogP contribution in [-0.4, -0.2) is 58.6 Å². The molecule has 3 rings (SSSR count). The molecule has 2 aromatic heterocycles. The maximum absolute atomic E-state index is 5.83. The molecule has 3 heterocycles. The minimum Gasteiger partial charge on any atom is -0.368 e. The second-order valence-electron chi connectivity index (χ2n) is 5.94. The lowest BCUT2D eigenvalue weighted by atomic mass is 10.2. The Morgan fingerprint density at radius 2 is 2.04 bits per heavy atom. The number of aryl methyl sites for hydroxylation is 1. The van der Waals surface area contributed by atoms with Gasteiger partial charge in [-0.05, 0) is 13.0 Å². The number of aromatic nitrogens is 4. The highest BCUT2D eigenvalue weighted by atomic mass is 16.5. The van der Waals surface area contributed by atoms with Gasteiger partial charge in [-0.25, -0.2) is 19.9 Å². The normalized spacial score (nSPS) is 18.8. The van der Waals surface area contributed by atoms with E-state index in [1.165, 1.54) is 0 Å². The van der Waals surface area contributed by atoms with Gasteiger partial charge in [0.2, 0.25) is 5.95 Å². The zero-order valence-electron chi connectivity index (χ0n) is 13.8. The Kier molecular flexibility index (Phi) is 4.78. The van der Waals surface area contributed by atoms with E-state index < -0.39 is 0 Å². The molecule has 0 unspecified atom stereocenters. The largest absolute Gasteiger partial charge is 0.368 e. The van der Waals surface area contributed by atoms with Crippen molar-refractivity contribution in [1.29, 1.82) is 0 Å². The third kappa shape index (κ3) is 4.00. The molecule has 23 heavy (non-hydrogen) atoms. The molecular formula is C16H22N6O. The molecule has 0 N–H and O–H groups in total. The van der Waals surface area contributed by atoms with Crippen LogP contribution in [0.25, 0.3) is 0 Å². The van der Waals surface area contributed by atoms with Crippen molar-refractivity contribution in [1.82, 2.24) is 24.8 Å². The van der Waals surface area contributed by atoms with E-state index >= 15 is 0 Å². The van der Waals surface area contributed by atoms with Gasteiger partial charge in [-0.2, -0.15) is 0 Å². The van der Waals surface area contributed by atoms with E-state index in [-0.39, 0.29) is 6.10 Å². The quantitative estimate of drug-likeness (QED) is 0.840. The molecule has 0 aliphatic carbocycles. The Balaban J connectivity index is 1.64. The summed E-state index contributed by atoms with van der Waals surface area (Å²) in [7, 11) is 3.87. The van der Waals surface area contributed by atoms with E-state index in [9.17, 15) is 0 Å². The molecule has 7 nitrogen and oxygen atoms in total. The number of nitrogens with zero attached hydrogens (tertiary/aromatic N) is 6. The molecule has 0 spiro atoms. The first-order valence-electron chi connectivity index (χ1n) is 7.73. The molecule has 1 aliphatic rings. The van der Waals surface area contributed by atoms with Crippen molar-refractivity contribution in [3.05, 3.63) is 41.7 Å². The molecule has 2 aromatic rings. The van der Waals surface area contributed by atoms with Gasteiger partial charge in [0.05, 0.1) is 6.61 Å². The van der Waals surface area contributed by atoms with Crippen molar-refractivity contribution in [2.75, 3.05) is 38.7 Å².